The van der Waals surface area contributed by atoms with Crippen molar-refractivity contribution in [3.05, 3.63) is 506 Å². The molecule has 0 saturated heterocycles. The number of benzene rings is 13. The minimum Gasteiger partial charge on any atom is -0.481 e. The summed E-state index contributed by atoms with van der Waals surface area (Å²) < 4.78 is 36.7. The number of terminal acetylenes is 1. The Morgan fingerprint density at radius 1 is 0.250 bits per heavy atom. The van der Waals surface area contributed by atoms with E-state index in [1.165, 1.54) is 72.3 Å². The van der Waals surface area contributed by atoms with Crippen LogP contribution in [0.5, 0.6) is 5.75 Å². The van der Waals surface area contributed by atoms with Crippen LogP contribution in [0.15, 0.2) is 347 Å². The standard InChI is InChI=1S/C20H15NO3.4C18H15NO2.C17H14N2O2.C17H16N2/c1-3-12-23-18-10-8-15(13-14(18)2)9-11-19-21-17-7-5-4-6-16(17)20(22)24-19;4*1-12-7-8-14(11-13(12)2)9-10-17-19-16-6-4-3-5-15(16)18(20)21-17;1-11-5-6-13(10-12(11)2)7-8-15-19-16-14(17(20)21-15)4-3-9-18-16;1-12-7-8-14(11-13(12)2)9-10-17-18-15-5-3-4-6-16(15)19-17/h1,4-11,13H,12H2,2H3;4*3-11H,1-2H3;3-10H,1-2H3;3-11H,1-2H3,(H,18,19)/b11-9+;4*10-9+;8-7+;10-9+. The van der Waals surface area contributed by atoms with Gasteiger partial charge in [0.2, 0.25) is 35.3 Å². The first-order valence-electron chi connectivity index (χ1n) is 47.6. The highest BCUT2D eigenvalue weighted by Gasteiger charge is 2.13. The molecular weight excluding hydrogens is 1850 g/mol. The van der Waals surface area contributed by atoms with Crippen molar-refractivity contribution < 1.29 is 31.2 Å². The van der Waals surface area contributed by atoms with E-state index in [0.29, 0.717) is 89.1 Å². The Morgan fingerprint density at radius 2 is 0.493 bits per heavy atom. The largest absolute Gasteiger partial charge is 0.481 e. The Bertz CT molecular complexity index is 8270. The highest BCUT2D eigenvalue weighted by atomic mass is 16.5. The second kappa shape index (κ2) is 49.0. The van der Waals surface area contributed by atoms with Crippen LogP contribution in [-0.4, -0.2) is 51.5 Å². The number of aryl methyl sites for hydroxylation is 13. The monoisotopic (exact) mass is 1950 g/mol. The average molecular weight is 1950 g/mol. The summed E-state index contributed by atoms with van der Waals surface area (Å²) in [5, 5.41) is 2.87. The number of H-pyrrole nitrogens is 1. The van der Waals surface area contributed by atoms with Crippen molar-refractivity contribution in [2.45, 2.75) is 90.0 Å². The third-order valence-corrected chi connectivity index (χ3v) is 24.2. The fraction of sp³-hybridized carbons (Fsp3) is 0.111. The Kier molecular flexibility index (Phi) is 34.2. The first-order valence-corrected chi connectivity index (χ1v) is 47.6. The lowest BCUT2D eigenvalue weighted by molar-refractivity contribution is 0.368. The normalized spacial score (nSPS) is 11.3. The SMILES string of the molecule is C#CCOc1ccc(/C=C/c2nc3ccccc3c(=O)o2)cc1C.Cc1ccc(/C=C/c2nc3ccccc3[nH]2)cc1C.Cc1ccc(/C=C/c2nc3ccccc3c(=O)o2)cc1C.Cc1ccc(/C=C/c2nc3ccccc3c(=O)o2)cc1C.Cc1ccc(/C=C/c2nc3ccccc3c(=O)o2)cc1C.Cc1ccc(/C=C/c2nc3ccccc3c(=O)o2)cc1C.Cc1ccc(/C=C/c2nc3ncccc3c(=O)o2)cc1C. The lowest BCUT2D eigenvalue weighted by atomic mass is 10.1. The van der Waals surface area contributed by atoms with Crippen molar-refractivity contribution in [2.75, 3.05) is 6.61 Å². The van der Waals surface area contributed by atoms with Gasteiger partial charge in [0.1, 0.15) is 23.6 Å². The molecule has 22 heteroatoms. The molecule has 22 nitrogen and oxygen atoms in total. The van der Waals surface area contributed by atoms with Gasteiger partial charge < -0.3 is 36.2 Å². The predicted octanol–water partition coefficient (Wildman–Crippen LogP) is 27.3. The summed E-state index contributed by atoms with van der Waals surface area (Å²) in [4.78, 5) is 109. The van der Waals surface area contributed by atoms with E-state index in [4.69, 9.17) is 37.7 Å². The number of imidazole rings is 1. The van der Waals surface area contributed by atoms with Crippen molar-refractivity contribution in [2.24, 2.45) is 0 Å². The van der Waals surface area contributed by atoms with Gasteiger partial charge in [-0.25, -0.2) is 63.7 Å². The van der Waals surface area contributed by atoms with Crippen LogP contribution < -0.4 is 38.5 Å². The molecule has 0 radical (unpaired) electrons. The van der Waals surface area contributed by atoms with Crippen molar-refractivity contribution in [3.8, 4) is 18.1 Å². The third kappa shape index (κ3) is 28.0. The van der Waals surface area contributed by atoms with E-state index in [0.717, 1.165) is 61.6 Å². The van der Waals surface area contributed by atoms with E-state index in [-0.39, 0.29) is 40.9 Å². The molecule has 0 amide bonds. The molecule has 0 unspecified atom stereocenters. The van der Waals surface area contributed by atoms with Gasteiger partial charge in [0.25, 0.3) is 0 Å². The van der Waals surface area contributed by atoms with Gasteiger partial charge in [0.05, 0.1) is 65.5 Å². The molecule has 21 rings (SSSR count). The molecule has 0 aliphatic carbocycles. The summed E-state index contributed by atoms with van der Waals surface area (Å²) in [5.41, 5.74) is 26.8. The molecule has 21 aromatic rings. The second-order valence-electron chi connectivity index (χ2n) is 35.1. The zero-order valence-corrected chi connectivity index (χ0v) is 84.0. The topological polar surface area (TPSA) is 309 Å². The minimum atomic E-state index is -0.423. The fourth-order valence-electron chi connectivity index (χ4n) is 15.0. The summed E-state index contributed by atoms with van der Waals surface area (Å²) in [7, 11) is 0. The molecule has 0 aliphatic heterocycles. The number of para-hydroxylation sites is 7. The van der Waals surface area contributed by atoms with Crippen LogP contribution >= 0.6 is 0 Å². The number of fused-ring (bicyclic) bond motifs is 7. The van der Waals surface area contributed by atoms with E-state index in [1.807, 2.05) is 153 Å². The molecule has 148 heavy (non-hydrogen) atoms. The van der Waals surface area contributed by atoms with Crippen molar-refractivity contribution in [1.29, 1.82) is 0 Å². The Balaban J connectivity index is 0.000000129. The number of hydrogen-bond donors (Lipinski definition) is 1. The van der Waals surface area contributed by atoms with Crippen molar-refractivity contribution in [1.82, 2.24) is 44.9 Å². The molecule has 0 spiro atoms. The second-order valence-corrected chi connectivity index (χ2v) is 35.1. The number of rotatable bonds is 16. The molecule has 0 atom stereocenters. The van der Waals surface area contributed by atoms with Gasteiger partial charge in [-0.05, 0) is 341 Å². The highest BCUT2D eigenvalue weighted by molar-refractivity contribution is 5.85. The third-order valence-electron chi connectivity index (χ3n) is 24.2. The summed E-state index contributed by atoms with van der Waals surface area (Å²) in [5.74, 6) is 5.86. The van der Waals surface area contributed by atoms with Gasteiger partial charge >= 0.3 is 33.8 Å². The van der Waals surface area contributed by atoms with Gasteiger partial charge in [-0.3, -0.25) is 0 Å². The molecule has 0 fully saturated rings. The van der Waals surface area contributed by atoms with Crippen LogP contribution in [0.25, 0.3) is 162 Å². The predicted molar refractivity (Wildman–Crippen MR) is 599 cm³/mol. The van der Waals surface area contributed by atoms with E-state index < -0.39 is 11.3 Å². The number of nitrogens with one attached hydrogen (secondary N) is 1. The number of pyridine rings is 1. The molecule has 732 valence electrons. The van der Waals surface area contributed by atoms with Crippen molar-refractivity contribution >= 4 is 162 Å². The van der Waals surface area contributed by atoms with Gasteiger partial charge in [0.15, 0.2) is 5.65 Å². The van der Waals surface area contributed by atoms with Crippen LogP contribution in [0.3, 0.4) is 0 Å². The maximum absolute atomic E-state index is 11.9. The van der Waals surface area contributed by atoms with Gasteiger partial charge in [-0.1, -0.05) is 200 Å². The number of nitrogens with zero attached hydrogens (tertiary/aromatic N) is 8. The van der Waals surface area contributed by atoms with Gasteiger partial charge in [0, 0.05) is 42.7 Å². The average Bonchev–Trinajstić information content (AvgIpc) is 1.05. The lowest BCUT2D eigenvalue weighted by Crippen LogP contribution is -2.03. The quantitative estimate of drug-likeness (QED) is 0.0878. The number of hydrogen-bond acceptors (Lipinski definition) is 21. The minimum absolute atomic E-state index is 0.238. The Morgan fingerprint density at radius 3 is 0.770 bits per heavy atom. The molecule has 8 aromatic heterocycles. The Labute approximate surface area is 853 Å². The molecular formula is C126H105N9O13. The molecule has 13 aromatic carbocycles. The van der Waals surface area contributed by atoms with Crippen LogP contribution in [0.2, 0.25) is 0 Å². The smallest absolute Gasteiger partial charge is 0.348 e. The lowest BCUT2D eigenvalue weighted by Gasteiger charge is -2.06. The van der Waals surface area contributed by atoms with Gasteiger partial charge in [-0.15, -0.1) is 6.42 Å². The summed E-state index contributed by atoms with van der Waals surface area (Å²) in [6.45, 7) is 27.2. The van der Waals surface area contributed by atoms with Crippen LogP contribution in [0.4, 0.5) is 0 Å². The number of ether oxygens (including phenoxy) is 1. The zero-order chi connectivity index (χ0) is 104. The van der Waals surface area contributed by atoms with Crippen LogP contribution in [0.1, 0.15) is 152 Å². The first-order chi connectivity index (χ1) is 71.5. The molecule has 0 bridgehead atoms. The zero-order valence-electron chi connectivity index (χ0n) is 84.0. The van der Waals surface area contributed by atoms with Crippen LogP contribution in [0, 0.1) is 102 Å². The summed E-state index contributed by atoms with van der Waals surface area (Å²) >= 11 is 0. The number of aromatic amines is 1. The fourth-order valence-corrected chi connectivity index (χ4v) is 15.0. The molecule has 8 heterocycles. The summed E-state index contributed by atoms with van der Waals surface area (Å²) in [6, 6.07) is 90.2. The first kappa shape index (κ1) is 103. The molecule has 1 N–H and O–H groups in total. The number of aromatic nitrogens is 9. The molecule has 0 aliphatic rings. The highest BCUT2D eigenvalue weighted by Crippen LogP contribution is 2.26. The summed E-state index contributed by atoms with van der Waals surface area (Å²) in [6.07, 6.45) is 32.4. The van der Waals surface area contributed by atoms with Gasteiger partial charge in [-0.2, -0.15) is 4.98 Å². The maximum atomic E-state index is 11.9. The van der Waals surface area contributed by atoms with E-state index in [1.54, 1.807) is 146 Å². The van der Waals surface area contributed by atoms with Crippen molar-refractivity contribution in [3.63, 3.8) is 0 Å². The Hall–Kier alpha value is -19.1. The van der Waals surface area contributed by atoms with E-state index in [9.17, 15) is 28.8 Å². The molecule has 0 saturated carbocycles. The van der Waals surface area contributed by atoms with Crippen LogP contribution in [-0.2, 0) is 0 Å². The van der Waals surface area contributed by atoms with E-state index >= 15 is 0 Å². The maximum Gasteiger partial charge on any atom is 0.348 e. The van der Waals surface area contributed by atoms with E-state index in [2.05, 4.69) is 219 Å².